The Hall–Kier alpha value is -1.31. The number of amides is 1. The first kappa shape index (κ1) is 19.7. The summed E-state index contributed by atoms with van der Waals surface area (Å²) in [5.41, 5.74) is 1.20. The number of carbonyl (C=O) groups is 1. The fourth-order valence-electron chi connectivity index (χ4n) is 1.80. The Balaban J connectivity index is 0.00000400. The van der Waals surface area contributed by atoms with Gasteiger partial charge in [0.1, 0.15) is 0 Å². The first-order chi connectivity index (χ1) is 9.67. The van der Waals surface area contributed by atoms with E-state index in [9.17, 15) is 4.79 Å². The SMILES string of the molecule is CCCNC(=O)CNC(=NC)N(C)Cc1ccccc1.I. The molecule has 0 fully saturated rings. The summed E-state index contributed by atoms with van der Waals surface area (Å²) in [6.45, 7) is 3.72. The summed E-state index contributed by atoms with van der Waals surface area (Å²) in [4.78, 5) is 17.7. The molecule has 21 heavy (non-hydrogen) atoms. The van der Waals surface area contributed by atoms with E-state index in [0.717, 1.165) is 13.0 Å². The number of hydrogen-bond donors (Lipinski definition) is 2. The summed E-state index contributed by atoms with van der Waals surface area (Å²) in [6.07, 6.45) is 0.939. The van der Waals surface area contributed by atoms with Gasteiger partial charge in [-0.3, -0.25) is 9.79 Å². The topological polar surface area (TPSA) is 56.7 Å². The molecule has 118 valence electrons. The predicted molar refractivity (Wildman–Crippen MR) is 98.0 cm³/mol. The van der Waals surface area contributed by atoms with Crippen LogP contribution in [0, 0.1) is 0 Å². The smallest absolute Gasteiger partial charge is 0.239 e. The van der Waals surface area contributed by atoms with E-state index in [0.29, 0.717) is 12.5 Å². The van der Waals surface area contributed by atoms with Crippen LogP contribution in [0.3, 0.4) is 0 Å². The maximum absolute atomic E-state index is 11.6. The van der Waals surface area contributed by atoms with Crippen LogP contribution < -0.4 is 10.6 Å². The second-order valence-corrected chi connectivity index (χ2v) is 4.59. The fraction of sp³-hybridized carbons (Fsp3) is 0.467. The molecule has 0 atom stereocenters. The van der Waals surface area contributed by atoms with E-state index >= 15 is 0 Å². The number of rotatable bonds is 6. The highest BCUT2D eigenvalue weighted by Gasteiger charge is 2.08. The molecule has 0 aliphatic carbocycles. The van der Waals surface area contributed by atoms with Crippen molar-refractivity contribution in [2.24, 2.45) is 4.99 Å². The van der Waals surface area contributed by atoms with Crippen LogP contribution >= 0.6 is 24.0 Å². The maximum atomic E-state index is 11.6. The molecular weight excluding hydrogens is 379 g/mol. The van der Waals surface area contributed by atoms with Gasteiger partial charge in [0.25, 0.3) is 0 Å². The minimum absolute atomic E-state index is 0. The van der Waals surface area contributed by atoms with E-state index < -0.39 is 0 Å². The molecule has 0 saturated carbocycles. The molecule has 0 bridgehead atoms. The summed E-state index contributed by atoms with van der Waals surface area (Å²) in [6, 6.07) is 10.2. The van der Waals surface area contributed by atoms with Crippen LogP contribution in [0.15, 0.2) is 35.3 Å². The number of benzene rings is 1. The zero-order chi connectivity index (χ0) is 14.8. The third-order valence-electron chi connectivity index (χ3n) is 2.82. The van der Waals surface area contributed by atoms with E-state index in [1.807, 2.05) is 37.1 Å². The minimum Gasteiger partial charge on any atom is -0.355 e. The molecule has 0 aliphatic rings. The van der Waals surface area contributed by atoms with E-state index in [4.69, 9.17) is 0 Å². The molecule has 0 spiro atoms. The van der Waals surface area contributed by atoms with Gasteiger partial charge in [-0.15, -0.1) is 24.0 Å². The van der Waals surface area contributed by atoms with E-state index in [2.05, 4.69) is 27.8 Å². The molecule has 0 radical (unpaired) electrons. The van der Waals surface area contributed by atoms with Gasteiger partial charge < -0.3 is 15.5 Å². The molecule has 0 saturated heterocycles. The standard InChI is InChI=1S/C15H24N4O.HI/c1-4-10-17-14(20)11-18-15(16-2)19(3)12-13-8-6-5-7-9-13;/h5-9H,4,10-12H2,1-3H3,(H,16,18)(H,17,20);1H. The monoisotopic (exact) mass is 404 g/mol. The highest BCUT2D eigenvalue weighted by Crippen LogP contribution is 2.02. The van der Waals surface area contributed by atoms with Crippen LogP contribution in [0.2, 0.25) is 0 Å². The van der Waals surface area contributed by atoms with Crippen LogP contribution in [0.1, 0.15) is 18.9 Å². The summed E-state index contributed by atoms with van der Waals surface area (Å²) in [5.74, 6) is 0.696. The molecule has 0 aliphatic heterocycles. The molecule has 6 heteroatoms. The molecular formula is C15H25IN4O. The second kappa shape index (κ2) is 11.4. The van der Waals surface area contributed by atoms with E-state index in [1.165, 1.54) is 5.56 Å². The van der Waals surface area contributed by atoms with E-state index in [1.54, 1.807) is 7.05 Å². The maximum Gasteiger partial charge on any atom is 0.239 e. The lowest BCUT2D eigenvalue weighted by atomic mass is 10.2. The number of halogens is 1. The molecule has 1 aromatic rings. The normalized spacial score (nSPS) is 10.5. The van der Waals surface area contributed by atoms with Crippen LogP contribution in [-0.4, -0.2) is 44.0 Å². The van der Waals surface area contributed by atoms with Gasteiger partial charge in [-0.25, -0.2) is 0 Å². The van der Waals surface area contributed by atoms with Crippen molar-refractivity contribution in [3.63, 3.8) is 0 Å². The lowest BCUT2D eigenvalue weighted by molar-refractivity contribution is -0.120. The Labute approximate surface area is 144 Å². The van der Waals surface area contributed by atoms with Gasteiger partial charge >= 0.3 is 0 Å². The van der Waals surface area contributed by atoms with Crippen molar-refractivity contribution in [1.82, 2.24) is 15.5 Å². The Kier molecular flexibility index (Phi) is 10.7. The number of carbonyl (C=O) groups excluding carboxylic acids is 1. The summed E-state index contributed by atoms with van der Waals surface area (Å²) >= 11 is 0. The fourth-order valence-corrected chi connectivity index (χ4v) is 1.80. The van der Waals surface area contributed by atoms with Crippen molar-refractivity contribution in [1.29, 1.82) is 0 Å². The molecule has 0 aromatic heterocycles. The average Bonchev–Trinajstić information content (AvgIpc) is 2.46. The Morgan fingerprint density at radius 2 is 1.90 bits per heavy atom. The summed E-state index contributed by atoms with van der Waals surface area (Å²) in [7, 11) is 3.67. The first-order valence-electron chi connectivity index (χ1n) is 6.89. The zero-order valence-corrected chi connectivity index (χ0v) is 15.3. The van der Waals surface area contributed by atoms with Gasteiger partial charge in [0.15, 0.2) is 5.96 Å². The quantitative estimate of drug-likeness (QED) is 0.432. The number of nitrogens with zero attached hydrogens (tertiary/aromatic N) is 2. The summed E-state index contributed by atoms with van der Waals surface area (Å²) < 4.78 is 0. The van der Waals surface area contributed by atoms with Crippen molar-refractivity contribution in [2.45, 2.75) is 19.9 Å². The van der Waals surface area contributed by atoms with Crippen molar-refractivity contribution in [2.75, 3.05) is 27.2 Å². The van der Waals surface area contributed by atoms with Gasteiger partial charge in [-0.1, -0.05) is 37.3 Å². The molecule has 2 N–H and O–H groups in total. The zero-order valence-electron chi connectivity index (χ0n) is 12.9. The largest absolute Gasteiger partial charge is 0.355 e. The Morgan fingerprint density at radius 3 is 2.48 bits per heavy atom. The lowest BCUT2D eigenvalue weighted by Gasteiger charge is -2.22. The van der Waals surface area contributed by atoms with Crippen molar-refractivity contribution in [3.05, 3.63) is 35.9 Å². The van der Waals surface area contributed by atoms with Gasteiger partial charge in [-0.05, 0) is 12.0 Å². The van der Waals surface area contributed by atoms with Gasteiger partial charge in [0.05, 0.1) is 6.54 Å². The van der Waals surface area contributed by atoms with Gasteiger partial charge in [0.2, 0.25) is 5.91 Å². The van der Waals surface area contributed by atoms with Crippen molar-refractivity contribution >= 4 is 35.8 Å². The van der Waals surface area contributed by atoms with Crippen LogP contribution in [-0.2, 0) is 11.3 Å². The molecule has 5 nitrogen and oxygen atoms in total. The highest BCUT2D eigenvalue weighted by atomic mass is 127. The van der Waals surface area contributed by atoms with Gasteiger partial charge in [-0.2, -0.15) is 0 Å². The van der Waals surface area contributed by atoms with Gasteiger partial charge in [0, 0.05) is 27.2 Å². The van der Waals surface area contributed by atoms with E-state index in [-0.39, 0.29) is 36.4 Å². The number of nitrogens with one attached hydrogen (secondary N) is 2. The van der Waals surface area contributed by atoms with Crippen LogP contribution in [0.4, 0.5) is 0 Å². The number of hydrogen-bond acceptors (Lipinski definition) is 2. The lowest BCUT2D eigenvalue weighted by Crippen LogP contribution is -2.43. The highest BCUT2D eigenvalue weighted by molar-refractivity contribution is 14.0. The van der Waals surface area contributed by atoms with Crippen molar-refractivity contribution in [3.8, 4) is 0 Å². The summed E-state index contributed by atoms with van der Waals surface area (Å²) in [5, 5.41) is 5.89. The molecule has 0 unspecified atom stereocenters. The first-order valence-corrected chi connectivity index (χ1v) is 6.89. The predicted octanol–water partition coefficient (Wildman–Crippen LogP) is 1.84. The van der Waals surface area contributed by atoms with Crippen LogP contribution in [0.25, 0.3) is 0 Å². The minimum atomic E-state index is -0.0129. The third-order valence-corrected chi connectivity index (χ3v) is 2.82. The average molecular weight is 404 g/mol. The molecule has 1 rings (SSSR count). The number of aliphatic imine (C=N–C) groups is 1. The molecule has 1 amide bonds. The molecule has 1 aromatic carbocycles. The second-order valence-electron chi connectivity index (χ2n) is 4.59. The van der Waals surface area contributed by atoms with Crippen molar-refractivity contribution < 1.29 is 4.79 Å². The Morgan fingerprint density at radius 1 is 1.24 bits per heavy atom. The van der Waals surface area contributed by atoms with Crippen LogP contribution in [0.5, 0.6) is 0 Å². The third kappa shape index (κ3) is 7.89. The number of guanidine groups is 1. The Bertz CT molecular complexity index is 437. The molecule has 0 heterocycles.